The van der Waals surface area contributed by atoms with E-state index in [0.717, 1.165) is 18.2 Å². The van der Waals surface area contributed by atoms with Crippen LogP contribution >= 0.6 is 0 Å². The highest BCUT2D eigenvalue weighted by Crippen LogP contribution is 2.31. The molecule has 0 spiro atoms. The van der Waals surface area contributed by atoms with Gasteiger partial charge in [-0.25, -0.2) is 4.79 Å². The van der Waals surface area contributed by atoms with Gasteiger partial charge in [-0.1, -0.05) is 42.5 Å². The van der Waals surface area contributed by atoms with Crippen LogP contribution in [0, 0.1) is 0 Å². The highest BCUT2D eigenvalue weighted by atomic mass is 19.4. The number of pyridine rings is 1. The minimum Gasteiger partial charge on any atom is -0.423 e. The van der Waals surface area contributed by atoms with E-state index in [1.165, 1.54) is 16.8 Å². The summed E-state index contributed by atoms with van der Waals surface area (Å²) in [6.45, 7) is 0. The second-order valence-electron chi connectivity index (χ2n) is 6.51. The number of ether oxygens (including phenoxy) is 1. The third-order valence-corrected chi connectivity index (χ3v) is 4.55. The van der Waals surface area contributed by atoms with Crippen molar-refractivity contribution in [3.63, 3.8) is 0 Å². The summed E-state index contributed by atoms with van der Waals surface area (Å²) < 4.78 is 45.4. The SMILES string of the molecule is O=C(Oc1cccc(C(F)(F)F)c1)c1cn(-c2ccccc2)c(=O)c2ccccc12. The van der Waals surface area contributed by atoms with Crippen molar-refractivity contribution in [3.05, 3.63) is 107 Å². The van der Waals surface area contributed by atoms with Gasteiger partial charge in [-0.3, -0.25) is 9.36 Å². The Bertz CT molecular complexity index is 1290. The van der Waals surface area contributed by atoms with Gasteiger partial charge in [0.05, 0.1) is 11.1 Å². The quantitative estimate of drug-likeness (QED) is 0.344. The fourth-order valence-electron chi connectivity index (χ4n) is 3.13. The summed E-state index contributed by atoms with van der Waals surface area (Å²) in [5, 5.41) is 0.645. The van der Waals surface area contributed by atoms with Crippen LogP contribution in [0.1, 0.15) is 15.9 Å². The maximum Gasteiger partial charge on any atom is 0.416 e. The Morgan fingerprint density at radius 3 is 2.20 bits per heavy atom. The van der Waals surface area contributed by atoms with Gasteiger partial charge >= 0.3 is 12.1 Å². The van der Waals surface area contributed by atoms with Crippen LogP contribution in [0.15, 0.2) is 89.9 Å². The van der Waals surface area contributed by atoms with Crippen molar-refractivity contribution in [2.45, 2.75) is 6.18 Å². The monoisotopic (exact) mass is 409 g/mol. The zero-order valence-electron chi connectivity index (χ0n) is 15.4. The molecule has 0 N–H and O–H groups in total. The molecule has 0 unspecified atom stereocenters. The van der Waals surface area contributed by atoms with Crippen LogP contribution in [0.2, 0.25) is 0 Å². The predicted molar refractivity (Wildman–Crippen MR) is 106 cm³/mol. The third kappa shape index (κ3) is 3.69. The lowest BCUT2D eigenvalue weighted by molar-refractivity contribution is -0.137. The molecule has 1 aromatic heterocycles. The van der Waals surface area contributed by atoms with Crippen molar-refractivity contribution in [1.82, 2.24) is 4.57 Å². The molecule has 0 fully saturated rings. The number of alkyl halides is 3. The number of carbonyl (C=O) groups excluding carboxylic acids is 1. The van der Waals surface area contributed by atoms with Gasteiger partial charge in [-0.2, -0.15) is 13.2 Å². The summed E-state index contributed by atoms with van der Waals surface area (Å²) >= 11 is 0. The molecule has 4 rings (SSSR count). The van der Waals surface area contributed by atoms with E-state index in [-0.39, 0.29) is 16.9 Å². The number of hydrogen-bond donors (Lipinski definition) is 0. The van der Waals surface area contributed by atoms with Crippen LogP contribution in [0.5, 0.6) is 5.75 Å². The average molecular weight is 409 g/mol. The molecule has 150 valence electrons. The molecule has 0 atom stereocenters. The van der Waals surface area contributed by atoms with Gasteiger partial charge in [-0.05, 0) is 36.4 Å². The van der Waals surface area contributed by atoms with E-state index < -0.39 is 17.7 Å². The van der Waals surface area contributed by atoms with Crippen LogP contribution in [0.25, 0.3) is 16.5 Å². The molecule has 0 amide bonds. The number of esters is 1. The molecule has 4 aromatic rings. The number of para-hydroxylation sites is 1. The van der Waals surface area contributed by atoms with Crippen molar-refractivity contribution in [2.75, 3.05) is 0 Å². The normalized spacial score (nSPS) is 11.4. The molecule has 3 aromatic carbocycles. The number of halogens is 3. The van der Waals surface area contributed by atoms with Crippen LogP contribution in [0.4, 0.5) is 13.2 Å². The summed E-state index contributed by atoms with van der Waals surface area (Å²) in [5.41, 5.74) is -0.646. The molecule has 0 bridgehead atoms. The molecule has 4 nitrogen and oxygen atoms in total. The summed E-state index contributed by atoms with van der Waals surface area (Å²) in [7, 11) is 0. The van der Waals surface area contributed by atoms with E-state index >= 15 is 0 Å². The van der Waals surface area contributed by atoms with Gasteiger partial charge in [0.2, 0.25) is 0 Å². The first-order valence-corrected chi connectivity index (χ1v) is 8.94. The molecule has 7 heteroatoms. The first-order chi connectivity index (χ1) is 14.3. The van der Waals surface area contributed by atoms with Gasteiger partial charge < -0.3 is 4.74 Å². The van der Waals surface area contributed by atoms with Crippen molar-refractivity contribution >= 4 is 16.7 Å². The van der Waals surface area contributed by atoms with Gasteiger partial charge in [0.15, 0.2) is 0 Å². The van der Waals surface area contributed by atoms with E-state index in [9.17, 15) is 22.8 Å². The maximum atomic E-state index is 12.9. The number of fused-ring (bicyclic) bond motifs is 1. The fraction of sp³-hybridized carbons (Fsp3) is 0.0435. The van der Waals surface area contributed by atoms with Gasteiger partial charge in [0.25, 0.3) is 5.56 Å². The summed E-state index contributed by atoms with van der Waals surface area (Å²) in [5.74, 6) is -1.11. The molecule has 0 aliphatic rings. The minimum atomic E-state index is -4.56. The molecule has 1 heterocycles. The molecule has 0 aliphatic carbocycles. The highest BCUT2D eigenvalue weighted by Gasteiger charge is 2.31. The Hall–Kier alpha value is -3.87. The second kappa shape index (κ2) is 7.51. The number of nitrogens with zero attached hydrogens (tertiary/aromatic N) is 1. The first-order valence-electron chi connectivity index (χ1n) is 8.94. The van der Waals surface area contributed by atoms with Gasteiger partial charge in [0.1, 0.15) is 5.75 Å². The standard InChI is InChI=1S/C23H14F3NO3/c24-23(25,26)15-7-6-10-17(13-15)30-22(29)20-14-27(16-8-2-1-3-9-16)21(28)19-12-5-4-11-18(19)20/h1-14H. The first kappa shape index (κ1) is 19.4. The fourth-order valence-corrected chi connectivity index (χ4v) is 3.13. The summed E-state index contributed by atoms with van der Waals surface area (Å²) in [4.78, 5) is 25.8. The number of benzene rings is 3. The Kier molecular flexibility index (Phi) is 4.87. The third-order valence-electron chi connectivity index (χ3n) is 4.55. The average Bonchev–Trinajstić information content (AvgIpc) is 2.74. The Morgan fingerprint density at radius 1 is 0.833 bits per heavy atom. The summed E-state index contributed by atoms with van der Waals surface area (Å²) in [6.07, 6.45) is -3.22. The smallest absolute Gasteiger partial charge is 0.416 e. The molecule has 0 saturated carbocycles. The lowest BCUT2D eigenvalue weighted by Gasteiger charge is -2.13. The van der Waals surface area contributed by atoms with Crippen LogP contribution < -0.4 is 10.3 Å². The number of aromatic nitrogens is 1. The predicted octanol–water partition coefficient (Wildman–Crippen LogP) is 5.23. The van der Waals surface area contributed by atoms with Crippen LogP contribution in [0.3, 0.4) is 0 Å². The number of hydrogen-bond acceptors (Lipinski definition) is 3. The van der Waals surface area contributed by atoms with Crippen molar-refractivity contribution in [1.29, 1.82) is 0 Å². The topological polar surface area (TPSA) is 48.3 Å². The zero-order valence-corrected chi connectivity index (χ0v) is 15.4. The molecular weight excluding hydrogens is 395 g/mol. The van der Waals surface area contributed by atoms with E-state index in [0.29, 0.717) is 16.5 Å². The van der Waals surface area contributed by atoms with Crippen LogP contribution in [-0.2, 0) is 6.18 Å². The summed E-state index contributed by atoms with van der Waals surface area (Å²) in [6, 6.07) is 19.3. The zero-order chi connectivity index (χ0) is 21.3. The largest absolute Gasteiger partial charge is 0.423 e. The van der Waals surface area contributed by atoms with Crippen molar-refractivity contribution in [2.24, 2.45) is 0 Å². The minimum absolute atomic E-state index is 0.0615. The van der Waals surface area contributed by atoms with E-state index in [4.69, 9.17) is 4.74 Å². The number of carbonyl (C=O) groups is 1. The van der Waals surface area contributed by atoms with E-state index in [1.54, 1.807) is 54.6 Å². The van der Waals surface area contributed by atoms with Crippen molar-refractivity contribution in [3.8, 4) is 11.4 Å². The Balaban J connectivity index is 1.82. The van der Waals surface area contributed by atoms with E-state index in [2.05, 4.69) is 0 Å². The van der Waals surface area contributed by atoms with Crippen molar-refractivity contribution < 1.29 is 22.7 Å². The van der Waals surface area contributed by atoms with Gasteiger partial charge in [0, 0.05) is 22.7 Å². The molecule has 0 aliphatic heterocycles. The highest BCUT2D eigenvalue weighted by molar-refractivity contribution is 6.04. The molecule has 30 heavy (non-hydrogen) atoms. The lowest BCUT2D eigenvalue weighted by Crippen LogP contribution is -2.22. The van der Waals surface area contributed by atoms with Gasteiger partial charge in [-0.15, -0.1) is 0 Å². The van der Waals surface area contributed by atoms with E-state index in [1.807, 2.05) is 0 Å². The molecule has 0 saturated heterocycles. The number of rotatable bonds is 3. The Morgan fingerprint density at radius 2 is 1.50 bits per heavy atom. The van der Waals surface area contributed by atoms with Crippen LogP contribution in [-0.4, -0.2) is 10.5 Å². The molecular formula is C23H14F3NO3. The maximum absolute atomic E-state index is 12.9. The second-order valence-corrected chi connectivity index (χ2v) is 6.51. The Labute approximate surface area is 168 Å². The molecule has 0 radical (unpaired) electrons. The lowest BCUT2D eigenvalue weighted by atomic mass is 10.1.